The molecule has 1 aromatic heterocycles. The summed E-state index contributed by atoms with van der Waals surface area (Å²) in [5.74, 6) is 0.759. The van der Waals surface area contributed by atoms with Crippen molar-refractivity contribution >= 4 is 38.3 Å². The number of piperazine rings is 1. The molecule has 3 heterocycles. The van der Waals surface area contributed by atoms with Crippen molar-refractivity contribution in [1.29, 1.82) is 0 Å². The Bertz CT molecular complexity index is 961. The first kappa shape index (κ1) is 17.8. The second-order valence-corrected chi connectivity index (χ2v) is 9.75. The molecule has 8 heteroatoms. The molecule has 0 saturated carbocycles. The number of rotatable bonds is 2. The van der Waals surface area contributed by atoms with Crippen LogP contribution in [0.15, 0.2) is 22.6 Å². The lowest BCUT2D eigenvalue weighted by molar-refractivity contribution is 0.0560. The number of nitrogens with zero attached hydrogens (tertiary/aromatic N) is 2. The molecule has 2 aliphatic heterocycles. The maximum Gasteiger partial charge on any atom is 0.289 e. The van der Waals surface area contributed by atoms with Gasteiger partial charge in [0.15, 0.2) is 15.6 Å². The van der Waals surface area contributed by atoms with Crippen molar-refractivity contribution in [2.24, 2.45) is 0 Å². The fraction of sp³-hybridized carbons (Fsp3) is 0.500. The zero-order valence-electron chi connectivity index (χ0n) is 14.6. The summed E-state index contributed by atoms with van der Waals surface area (Å²) in [7, 11) is -2.89. The Morgan fingerprint density at radius 2 is 1.96 bits per heavy atom. The van der Waals surface area contributed by atoms with E-state index in [9.17, 15) is 13.2 Å². The Labute approximate surface area is 157 Å². The molecule has 2 aliphatic rings. The minimum atomic E-state index is -2.89. The van der Waals surface area contributed by atoms with Gasteiger partial charge in [0.25, 0.3) is 5.91 Å². The minimum Gasteiger partial charge on any atom is -0.451 e. The summed E-state index contributed by atoms with van der Waals surface area (Å²) < 4.78 is 29.1. The Morgan fingerprint density at radius 3 is 2.62 bits per heavy atom. The highest BCUT2D eigenvalue weighted by Crippen LogP contribution is 2.29. The van der Waals surface area contributed by atoms with Crippen molar-refractivity contribution in [3.63, 3.8) is 0 Å². The van der Waals surface area contributed by atoms with E-state index in [1.807, 2.05) is 13.0 Å². The van der Waals surface area contributed by atoms with Crippen molar-refractivity contribution in [3.8, 4) is 0 Å². The van der Waals surface area contributed by atoms with Crippen LogP contribution in [0.1, 0.15) is 22.5 Å². The van der Waals surface area contributed by atoms with Crippen LogP contribution in [0.4, 0.5) is 0 Å². The quantitative estimate of drug-likeness (QED) is 0.779. The van der Waals surface area contributed by atoms with Gasteiger partial charge < -0.3 is 9.32 Å². The Balaban J connectivity index is 1.46. The van der Waals surface area contributed by atoms with E-state index in [0.717, 1.165) is 10.9 Å². The standard InChI is InChI=1S/C18H21ClN2O4S/c1-12-15-10-13(19)2-3-16(15)25-17(12)18(22)21-7-5-20(6-8-21)14-4-9-26(23,24)11-14/h2-3,10,14H,4-9,11H2,1H3/t14-/m1/s1. The van der Waals surface area contributed by atoms with E-state index < -0.39 is 9.84 Å². The van der Waals surface area contributed by atoms with Gasteiger partial charge in [0.1, 0.15) is 5.58 Å². The van der Waals surface area contributed by atoms with Gasteiger partial charge >= 0.3 is 0 Å². The number of halogens is 1. The van der Waals surface area contributed by atoms with Gasteiger partial charge in [-0.2, -0.15) is 0 Å². The molecule has 2 saturated heterocycles. The number of carbonyl (C=O) groups is 1. The van der Waals surface area contributed by atoms with E-state index >= 15 is 0 Å². The summed E-state index contributed by atoms with van der Waals surface area (Å²) >= 11 is 6.04. The average molecular weight is 397 g/mol. The summed E-state index contributed by atoms with van der Waals surface area (Å²) in [5, 5.41) is 1.47. The fourth-order valence-corrected chi connectivity index (χ4v) is 5.83. The monoisotopic (exact) mass is 396 g/mol. The number of furan rings is 1. The summed E-state index contributed by atoms with van der Waals surface area (Å²) in [5.41, 5.74) is 1.46. The van der Waals surface area contributed by atoms with Gasteiger partial charge in [-0.15, -0.1) is 0 Å². The SMILES string of the molecule is Cc1c(C(=O)N2CCN([C@@H]3CCS(=O)(=O)C3)CC2)oc2ccc(Cl)cc12. The second-order valence-electron chi connectivity index (χ2n) is 7.08. The van der Waals surface area contributed by atoms with Crippen LogP contribution in [0.2, 0.25) is 5.02 Å². The molecule has 6 nitrogen and oxygen atoms in total. The van der Waals surface area contributed by atoms with Gasteiger partial charge in [0, 0.05) is 48.2 Å². The first-order chi connectivity index (χ1) is 12.3. The van der Waals surface area contributed by atoms with Crippen LogP contribution in [0.5, 0.6) is 0 Å². The molecule has 1 atom stereocenters. The smallest absolute Gasteiger partial charge is 0.289 e. The molecule has 0 aliphatic carbocycles. The molecule has 0 spiro atoms. The number of sulfone groups is 1. The normalized spacial score (nSPS) is 23.6. The Morgan fingerprint density at radius 1 is 1.23 bits per heavy atom. The van der Waals surface area contributed by atoms with E-state index in [1.165, 1.54) is 0 Å². The zero-order chi connectivity index (χ0) is 18.5. The summed E-state index contributed by atoms with van der Waals surface area (Å²) in [6, 6.07) is 5.42. The highest BCUT2D eigenvalue weighted by atomic mass is 35.5. The molecule has 140 valence electrons. The number of benzene rings is 1. The van der Waals surface area contributed by atoms with Gasteiger partial charge in [-0.1, -0.05) is 11.6 Å². The molecule has 0 N–H and O–H groups in total. The van der Waals surface area contributed by atoms with Crippen LogP contribution in [-0.2, 0) is 9.84 Å². The van der Waals surface area contributed by atoms with Crippen molar-refractivity contribution in [1.82, 2.24) is 9.80 Å². The summed E-state index contributed by atoms with van der Waals surface area (Å²) in [4.78, 5) is 16.9. The lowest BCUT2D eigenvalue weighted by Crippen LogP contribution is -2.52. The van der Waals surface area contributed by atoms with Crippen LogP contribution in [0, 0.1) is 6.92 Å². The fourth-order valence-electron chi connectivity index (χ4n) is 3.89. The molecule has 0 unspecified atom stereocenters. The maximum atomic E-state index is 12.9. The van der Waals surface area contributed by atoms with Crippen LogP contribution in [0.3, 0.4) is 0 Å². The number of hydrogen-bond donors (Lipinski definition) is 0. The van der Waals surface area contributed by atoms with Gasteiger partial charge in [-0.3, -0.25) is 9.69 Å². The average Bonchev–Trinajstić information content (AvgIpc) is 3.14. The predicted octanol–water partition coefficient (Wildman–Crippen LogP) is 2.34. The molecular formula is C18H21ClN2O4S. The molecule has 0 radical (unpaired) electrons. The maximum absolute atomic E-state index is 12.9. The molecule has 0 bridgehead atoms. The van der Waals surface area contributed by atoms with Crippen LogP contribution in [0.25, 0.3) is 11.0 Å². The Kier molecular flexibility index (Phi) is 4.49. The molecule has 4 rings (SSSR count). The van der Waals surface area contributed by atoms with E-state index in [0.29, 0.717) is 49.0 Å². The minimum absolute atomic E-state index is 0.0901. The number of carbonyl (C=O) groups excluding carboxylic acids is 1. The molecule has 2 fully saturated rings. The van der Waals surface area contributed by atoms with Gasteiger partial charge in [-0.05, 0) is 31.5 Å². The third kappa shape index (κ3) is 3.23. The van der Waals surface area contributed by atoms with Gasteiger partial charge in [0.05, 0.1) is 11.5 Å². The summed E-state index contributed by atoms with van der Waals surface area (Å²) in [6.07, 6.45) is 0.694. The lowest BCUT2D eigenvalue weighted by atomic mass is 10.1. The van der Waals surface area contributed by atoms with E-state index in [2.05, 4.69) is 4.90 Å². The highest BCUT2D eigenvalue weighted by molar-refractivity contribution is 7.91. The third-order valence-electron chi connectivity index (χ3n) is 5.42. The number of hydrogen-bond acceptors (Lipinski definition) is 5. The zero-order valence-corrected chi connectivity index (χ0v) is 16.1. The predicted molar refractivity (Wildman–Crippen MR) is 100 cm³/mol. The molecule has 2 aromatic rings. The van der Waals surface area contributed by atoms with Crippen molar-refractivity contribution in [2.45, 2.75) is 19.4 Å². The number of fused-ring (bicyclic) bond motifs is 1. The third-order valence-corrected chi connectivity index (χ3v) is 7.40. The first-order valence-corrected chi connectivity index (χ1v) is 11.0. The van der Waals surface area contributed by atoms with Crippen LogP contribution >= 0.6 is 11.6 Å². The Hall–Kier alpha value is -1.57. The summed E-state index contributed by atoms with van der Waals surface area (Å²) in [6.45, 7) is 4.41. The van der Waals surface area contributed by atoms with Crippen molar-refractivity contribution in [3.05, 3.63) is 34.5 Å². The largest absolute Gasteiger partial charge is 0.451 e. The van der Waals surface area contributed by atoms with Crippen LogP contribution in [-0.4, -0.2) is 67.9 Å². The van der Waals surface area contributed by atoms with E-state index in [4.69, 9.17) is 16.0 Å². The molecular weight excluding hydrogens is 376 g/mol. The van der Waals surface area contributed by atoms with Gasteiger partial charge in [-0.25, -0.2) is 8.42 Å². The number of aryl methyl sites for hydroxylation is 1. The molecule has 26 heavy (non-hydrogen) atoms. The topological polar surface area (TPSA) is 70.8 Å². The number of amides is 1. The molecule has 1 amide bonds. The van der Waals surface area contributed by atoms with Gasteiger partial charge in [0.2, 0.25) is 0 Å². The second kappa shape index (κ2) is 6.55. The van der Waals surface area contributed by atoms with Crippen molar-refractivity contribution in [2.75, 3.05) is 37.7 Å². The van der Waals surface area contributed by atoms with E-state index in [1.54, 1.807) is 17.0 Å². The van der Waals surface area contributed by atoms with E-state index in [-0.39, 0.29) is 23.5 Å². The highest BCUT2D eigenvalue weighted by Gasteiger charge is 2.35. The van der Waals surface area contributed by atoms with Crippen LogP contribution < -0.4 is 0 Å². The van der Waals surface area contributed by atoms with Crippen molar-refractivity contribution < 1.29 is 17.6 Å². The first-order valence-electron chi connectivity index (χ1n) is 8.76. The lowest BCUT2D eigenvalue weighted by Gasteiger charge is -2.37. The molecule has 1 aromatic carbocycles.